The van der Waals surface area contributed by atoms with Gasteiger partial charge in [-0.2, -0.15) is 0 Å². The fourth-order valence-corrected chi connectivity index (χ4v) is 5.36. The third-order valence-corrected chi connectivity index (χ3v) is 7.53. The number of esters is 1. The van der Waals surface area contributed by atoms with Crippen molar-refractivity contribution in [1.29, 1.82) is 0 Å². The first-order chi connectivity index (χ1) is 16.8. The Labute approximate surface area is 213 Å². The second-order valence-corrected chi connectivity index (χ2v) is 10.8. The number of nitrogens with zero attached hydrogens (tertiary/aromatic N) is 3. The molecule has 0 unspecified atom stereocenters. The van der Waals surface area contributed by atoms with Crippen LogP contribution >= 0.6 is 11.8 Å². The Morgan fingerprint density at radius 1 is 1.36 bits per heavy atom. The summed E-state index contributed by atoms with van der Waals surface area (Å²) in [6, 6.07) is -1.10. The van der Waals surface area contributed by atoms with Crippen LogP contribution in [0, 0.1) is 0 Å². The fraction of sp³-hybridized carbons (Fsp3) is 0.421. The Morgan fingerprint density at radius 2 is 2.06 bits per heavy atom. The Kier molecular flexibility index (Phi) is 7.96. The second kappa shape index (κ2) is 10.6. The zero-order chi connectivity index (χ0) is 26.8. The van der Waals surface area contributed by atoms with E-state index in [-0.39, 0.29) is 54.4 Å². The number of nitrogen functional groups attached to an aromatic ring is 1. The minimum atomic E-state index is -1.76. The van der Waals surface area contributed by atoms with Crippen molar-refractivity contribution in [3.05, 3.63) is 22.1 Å². The van der Waals surface area contributed by atoms with Gasteiger partial charge in [0.15, 0.2) is 0 Å². The Bertz CT molecular complexity index is 1180. The van der Waals surface area contributed by atoms with E-state index in [0.29, 0.717) is 0 Å². The van der Waals surface area contributed by atoms with E-state index < -0.39 is 46.9 Å². The number of aliphatic carboxylic acids is 1. The van der Waals surface area contributed by atoms with E-state index in [2.05, 4.69) is 15.5 Å². The number of rotatable bonds is 9. The molecule has 1 saturated heterocycles. The number of carboxylic acid groups (broad SMARTS) is 2. The molecule has 0 aromatic carbocycles. The zero-order valence-corrected chi connectivity index (χ0v) is 21.6. The number of β-lactam (4-membered cyclic amide) rings is 1. The number of nitrogens with two attached hydrogens (primary N) is 1. The van der Waals surface area contributed by atoms with Gasteiger partial charge in [0.2, 0.25) is 0 Å². The van der Waals surface area contributed by atoms with Crippen LogP contribution in [0.15, 0.2) is 21.6 Å². The summed E-state index contributed by atoms with van der Waals surface area (Å²) in [7, 11) is 0. The Morgan fingerprint density at radius 3 is 2.61 bits per heavy atom. The number of hydrogen-bond donors (Lipinski definition) is 4. The Balaban J connectivity index is 1.82. The van der Waals surface area contributed by atoms with Gasteiger partial charge in [-0.05, 0) is 0 Å². The SMILES string of the molecule is CC(=O)OCC1=C(OC(=O)O)N2C(=O)[C@@H](NC(=O)/C(=N\OC(C)(C)C(=O)O)c3c[se]c(N)n3)[C@H]2SC1. The van der Waals surface area contributed by atoms with Gasteiger partial charge < -0.3 is 0 Å². The first kappa shape index (κ1) is 27.0. The molecular formula is C19H21N5O10SSe. The number of aromatic nitrogens is 1. The van der Waals surface area contributed by atoms with Crippen molar-refractivity contribution >= 4 is 66.6 Å². The van der Waals surface area contributed by atoms with Crippen LogP contribution in [0.5, 0.6) is 0 Å². The number of ether oxygens (including phenoxy) is 2. The average Bonchev–Trinajstić information content (AvgIpc) is 3.21. The van der Waals surface area contributed by atoms with Gasteiger partial charge in [-0.25, -0.2) is 0 Å². The molecular weight excluding hydrogens is 569 g/mol. The van der Waals surface area contributed by atoms with E-state index in [4.69, 9.17) is 25.2 Å². The normalized spacial score (nSPS) is 19.7. The molecule has 1 fully saturated rings. The molecule has 0 aliphatic carbocycles. The van der Waals surface area contributed by atoms with Gasteiger partial charge in [-0.1, -0.05) is 0 Å². The van der Waals surface area contributed by atoms with Gasteiger partial charge >= 0.3 is 202 Å². The van der Waals surface area contributed by atoms with Crippen LogP contribution in [-0.4, -0.2) is 99.6 Å². The molecule has 1 aromatic heterocycles. The molecule has 2 aliphatic heterocycles. The molecule has 3 heterocycles. The molecule has 0 saturated carbocycles. The van der Waals surface area contributed by atoms with E-state index in [1.165, 1.54) is 32.5 Å². The minimum absolute atomic E-state index is 0.0598. The summed E-state index contributed by atoms with van der Waals surface area (Å²) in [6.07, 6.45) is -1.67. The number of oxime groups is 1. The maximum atomic E-state index is 13.1. The predicted molar refractivity (Wildman–Crippen MR) is 123 cm³/mol. The molecule has 0 bridgehead atoms. The fourth-order valence-electron chi connectivity index (χ4n) is 2.91. The summed E-state index contributed by atoms with van der Waals surface area (Å²) in [6.45, 7) is 3.36. The topological polar surface area (TPSA) is 220 Å². The number of hydrogen-bond acceptors (Lipinski definition) is 12. The summed E-state index contributed by atoms with van der Waals surface area (Å²) < 4.78 is 9.94. The van der Waals surface area contributed by atoms with Crippen LogP contribution in [0.1, 0.15) is 26.5 Å². The number of nitrogens with one attached hydrogen (secondary N) is 1. The van der Waals surface area contributed by atoms with E-state index in [0.717, 1.165) is 4.90 Å². The predicted octanol–water partition coefficient (Wildman–Crippen LogP) is -0.826. The van der Waals surface area contributed by atoms with Crippen molar-refractivity contribution in [3.8, 4) is 0 Å². The van der Waals surface area contributed by atoms with Gasteiger partial charge in [0.1, 0.15) is 0 Å². The van der Waals surface area contributed by atoms with Gasteiger partial charge in [0.25, 0.3) is 0 Å². The number of carboxylic acids is 1. The first-order valence-electron chi connectivity index (χ1n) is 10.0. The van der Waals surface area contributed by atoms with Crippen molar-refractivity contribution in [2.45, 2.75) is 37.8 Å². The van der Waals surface area contributed by atoms with E-state index >= 15 is 0 Å². The molecule has 2 amide bonds. The summed E-state index contributed by atoms with van der Waals surface area (Å²) in [5, 5.41) is 23.8. The van der Waals surface area contributed by atoms with E-state index in [1.807, 2.05) is 0 Å². The third kappa shape index (κ3) is 5.80. The Hall–Kier alpha value is -3.56. The van der Waals surface area contributed by atoms with Gasteiger partial charge in [0.05, 0.1) is 0 Å². The molecule has 3 rings (SSSR count). The van der Waals surface area contributed by atoms with Crippen molar-refractivity contribution in [2.24, 2.45) is 5.16 Å². The number of amides is 2. The number of carbonyl (C=O) groups excluding carboxylic acids is 3. The average molecular weight is 590 g/mol. The number of anilines is 1. The summed E-state index contributed by atoms with van der Waals surface area (Å²) in [5.41, 5.74) is 3.87. The number of fused-ring (bicyclic) bond motifs is 1. The van der Waals surface area contributed by atoms with Crippen molar-refractivity contribution in [3.63, 3.8) is 0 Å². The van der Waals surface area contributed by atoms with Crippen LogP contribution in [0.2, 0.25) is 0 Å². The van der Waals surface area contributed by atoms with Crippen LogP contribution in [0.3, 0.4) is 0 Å². The van der Waals surface area contributed by atoms with Crippen LogP contribution in [-0.2, 0) is 33.5 Å². The molecule has 1 aromatic rings. The maximum absolute atomic E-state index is 13.1. The molecule has 0 spiro atoms. The molecule has 2 atom stereocenters. The molecule has 36 heavy (non-hydrogen) atoms. The number of carbonyl (C=O) groups is 5. The van der Waals surface area contributed by atoms with Gasteiger partial charge in [-0.15, -0.1) is 0 Å². The molecule has 17 heteroatoms. The summed E-state index contributed by atoms with van der Waals surface area (Å²) in [4.78, 5) is 71.3. The quantitative estimate of drug-likeness (QED) is 0.0909. The van der Waals surface area contributed by atoms with Crippen LogP contribution in [0.4, 0.5) is 9.49 Å². The molecule has 5 N–H and O–H groups in total. The van der Waals surface area contributed by atoms with E-state index in [1.54, 1.807) is 4.94 Å². The van der Waals surface area contributed by atoms with Crippen molar-refractivity contribution in [1.82, 2.24) is 15.2 Å². The van der Waals surface area contributed by atoms with Crippen molar-refractivity contribution in [2.75, 3.05) is 18.1 Å². The summed E-state index contributed by atoms with van der Waals surface area (Å²) >= 11 is 0.830. The van der Waals surface area contributed by atoms with Gasteiger partial charge in [-0.3, -0.25) is 4.79 Å². The third-order valence-electron chi connectivity index (χ3n) is 4.77. The number of thioether (sulfide) groups is 1. The molecule has 15 nitrogen and oxygen atoms in total. The monoisotopic (exact) mass is 591 g/mol. The molecule has 194 valence electrons. The zero-order valence-electron chi connectivity index (χ0n) is 19.0. The van der Waals surface area contributed by atoms with Crippen LogP contribution in [0.25, 0.3) is 0 Å². The van der Waals surface area contributed by atoms with Crippen molar-refractivity contribution < 1.29 is 48.5 Å². The molecule has 2 aliphatic rings. The van der Waals surface area contributed by atoms with Crippen LogP contribution < -0.4 is 11.1 Å². The van der Waals surface area contributed by atoms with E-state index in [9.17, 15) is 29.1 Å². The molecule has 0 radical (unpaired) electrons. The second-order valence-electron chi connectivity index (χ2n) is 7.84. The standard InChI is InChI=1S/C19H21N5O10SSe/c1-7(25)32-4-8-5-35-15-11(13(27)24(15)14(8)33-18(30)31)22-12(26)10(9-6-36-17(20)21-9)23-34-19(2,3)16(28)29/h6,11,15H,4-5H2,1-3H3,(H2,20,21)(H,22,26)(H,28,29)(H,30,31)/b23-10-/t11-,15-/m1/s1. The van der Waals surface area contributed by atoms with Gasteiger partial charge in [0, 0.05) is 6.92 Å². The first-order valence-corrected chi connectivity index (χ1v) is 12.9. The summed E-state index contributed by atoms with van der Waals surface area (Å²) in [5.74, 6) is -3.63.